The molecule has 1 aromatic heterocycles. The van der Waals surface area contributed by atoms with Crippen LogP contribution in [0.3, 0.4) is 0 Å². The lowest BCUT2D eigenvalue weighted by atomic mass is 10.1. The Balaban J connectivity index is 0.00000320. The van der Waals surface area contributed by atoms with Crippen LogP contribution in [-0.2, 0) is 11.3 Å². The Morgan fingerprint density at radius 3 is 2.53 bits per heavy atom. The number of carbonyl (C=O) groups excluding carboxylic acids is 1. The number of ether oxygens (including phenoxy) is 1. The zero-order valence-corrected chi connectivity index (χ0v) is 20.8. The molecule has 0 spiro atoms. The van der Waals surface area contributed by atoms with E-state index in [0.717, 1.165) is 37.0 Å². The fraction of sp³-hybridized carbons (Fsp3) is 0.667. The van der Waals surface area contributed by atoms with Gasteiger partial charge in [0.25, 0.3) is 0 Å². The summed E-state index contributed by atoms with van der Waals surface area (Å²) in [6.07, 6.45) is 4.14. The quantitative estimate of drug-likeness (QED) is 0.346. The molecule has 2 N–H and O–H groups in total. The first-order chi connectivity index (χ1) is 13.8. The minimum Gasteiger partial charge on any atom is -0.444 e. The molecule has 2 saturated heterocycles. The standard InChI is InChI=1S/C21H34N6O2.HI/c1-5-22-19(25-17-14-27(15-17)20(28)29-21(2,3)4)24-13-16-8-9-18(23-12-16)26-10-6-7-11-26;/h8-9,12,17H,5-7,10-11,13-15H2,1-4H3,(H2,22,24,25);1H. The van der Waals surface area contributed by atoms with Gasteiger partial charge in [-0.3, -0.25) is 0 Å². The summed E-state index contributed by atoms with van der Waals surface area (Å²) in [6, 6.07) is 4.36. The fourth-order valence-corrected chi connectivity index (χ4v) is 3.37. The van der Waals surface area contributed by atoms with Crippen LogP contribution in [0.4, 0.5) is 10.6 Å². The van der Waals surface area contributed by atoms with Gasteiger partial charge in [0.05, 0.1) is 12.6 Å². The van der Waals surface area contributed by atoms with E-state index < -0.39 is 5.60 Å². The summed E-state index contributed by atoms with van der Waals surface area (Å²) >= 11 is 0. The Kier molecular flexibility index (Phi) is 8.99. The number of aromatic nitrogens is 1. The van der Waals surface area contributed by atoms with E-state index in [9.17, 15) is 4.79 Å². The summed E-state index contributed by atoms with van der Waals surface area (Å²) in [4.78, 5) is 25.3. The number of aliphatic imine (C=N–C) groups is 1. The van der Waals surface area contributed by atoms with Crippen LogP contribution in [0.5, 0.6) is 0 Å². The molecule has 0 aliphatic carbocycles. The van der Waals surface area contributed by atoms with Crippen LogP contribution >= 0.6 is 24.0 Å². The fourth-order valence-electron chi connectivity index (χ4n) is 3.37. The van der Waals surface area contributed by atoms with E-state index in [2.05, 4.69) is 37.6 Å². The van der Waals surface area contributed by atoms with E-state index in [1.165, 1.54) is 12.8 Å². The lowest BCUT2D eigenvalue weighted by Crippen LogP contribution is -2.63. The van der Waals surface area contributed by atoms with Gasteiger partial charge >= 0.3 is 6.09 Å². The summed E-state index contributed by atoms with van der Waals surface area (Å²) in [5.74, 6) is 1.81. The van der Waals surface area contributed by atoms with Crippen LogP contribution in [0.25, 0.3) is 0 Å². The largest absolute Gasteiger partial charge is 0.444 e. The molecule has 8 nitrogen and oxygen atoms in total. The van der Waals surface area contributed by atoms with E-state index in [1.807, 2.05) is 33.9 Å². The molecular weight excluding hydrogens is 495 g/mol. The second kappa shape index (κ2) is 11.0. The molecule has 0 unspecified atom stereocenters. The molecule has 0 saturated carbocycles. The van der Waals surface area contributed by atoms with Crippen molar-refractivity contribution in [3.05, 3.63) is 23.9 Å². The molecule has 2 aliphatic rings. The Morgan fingerprint density at radius 2 is 1.97 bits per heavy atom. The number of hydrogen-bond donors (Lipinski definition) is 2. The number of hydrogen-bond acceptors (Lipinski definition) is 5. The van der Waals surface area contributed by atoms with Gasteiger partial charge in [-0.15, -0.1) is 24.0 Å². The average Bonchev–Trinajstić information content (AvgIpc) is 3.15. The first kappa shape index (κ1) is 24.5. The molecule has 3 heterocycles. The average molecular weight is 530 g/mol. The van der Waals surface area contributed by atoms with Crippen molar-refractivity contribution >= 4 is 41.8 Å². The lowest BCUT2D eigenvalue weighted by molar-refractivity contribution is 0.00701. The summed E-state index contributed by atoms with van der Waals surface area (Å²) < 4.78 is 5.40. The first-order valence-corrected chi connectivity index (χ1v) is 10.6. The highest BCUT2D eigenvalue weighted by Gasteiger charge is 2.34. The molecule has 0 bridgehead atoms. The molecule has 0 radical (unpaired) electrons. The van der Waals surface area contributed by atoms with Crippen molar-refractivity contribution in [2.45, 2.75) is 58.7 Å². The van der Waals surface area contributed by atoms with Crippen molar-refractivity contribution in [2.24, 2.45) is 4.99 Å². The van der Waals surface area contributed by atoms with Gasteiger partial charge in [0.1, 0.15) is 11.4 Å². The number of nitrogens with one attached hydrogen (secondary N) is 2. The van der Waals surface area contributed by atoms with E-state index in [-0.39, 0.29) is 36.1 Å². The third-order valence-corrected chi connectivity index (χ3v) is 4.88. The van der Waals surface area contributed by atoms with E-state index >= 15 is 0 Å². The second-order valence-electron chi connectivity index (χ2n) is 8.64. The van der Waals surface area contributed by atoms with Crippen molar-refractivity contribution in [3.63, 3.8) is 0 Å². The molecular formula is C21H35IN6O2. The Hall–Kier alpha value is -1.78. The normalized spacial score (nSPS) is 17.3. The molecule has 0 atom stereocenters. The number of guanidine groups is 1. The zero-order chi connectivity index (χ0) is 20.9. The summed E-state index contributed by atoms with van der Waals surface area (Å²) in [5.41, 5.74) is 0.610. The first-order valence-electron chi connectivity index (χ1n) is 10.6. The van der Waals surface area contributed by atoms with Gasteiger partial charge in [-0.25, -0.2) is 14.8 Å². The van der Waals surface area contributed by atoms with Crippen molar-refractivity contribution in [2.75, 3.05) is 37.6 Å². The van der Waals surface area contributed by atoms with Gasteiger partial charge < -0.3 is 25.2 Å². The highest BCUT2D eigenvalue weighted by Crippen LogP contribution is 2.18. The van der Waals surface area contributed by atoms with Crippen molar-refractivity contribution < 1.29 is 9.53 Å². The molecule has 9 heteroatoms. The van der Waals surface area contributed by atoms with Crippen LogP contribution in [0.1, 0.15) is 46.1 Å². The summed E-state index contributed by atoms with van der Waals surface area (Å²) in [6.45, 7) is 12.4. The number of pyridine rings is 1. The van der Waals surface area contributed by atoms with E-state index in [0.29, 0.717) is 19.6 Å². The molecule has 2 aliphatic heterocycles. The Morgan fingerprint density at radius 1 is 1.27 bits per heavy atom. The maximum absolute atomic E-state index is 12.1. The molecule has 3 rings (SSSR count). The van der Waals surface area contributed by atoms with Crippen LogP contribution < -0.4 is 15.5 Å². The smallest absolute Gasteiger partial charge is 0.410 e. The number of nitrogens with zero attached hydrogens (tertiary/aromatic N) is 4. The highest BCUT2D eigenvalue weighted by molar-refractivity contribution is 14.0. The van der Waals surface area contributed by atoms with Crippen LogP contribution in [0, 0.1) is 0 Å². The van der Waals surface area contributed by atoms with Crippen LogP contribution in [0.2, 0.25) is 0 Å². The summed E-state index contributed by atoms with van der Waals surface area (Å²) in [5, 5.41) is 6.66. The minimum atomic E-state index is -0.468. The van der Waals surface area contributed by atoms with Crippen molar-refractivity contribution in [1.29, 1.82) is 0 Å². The predicted octanol–water partition coefficient (Wildman–Crippen LogP) is 2.97. The number of likely N-dealkylation sites (tertiary alicyclic amines) is 1. The Bertz CT molecular complexity index is 707. The topological polar surface area (TPSA) is 82.1 Å². The number of carbonyl (C=O) groups is 1. The highest BCUT2D eigenvalue weighted by atomic mass is 127. The van der Waals surface area contributed by atoms with Gasteiger partial charge in [-0.05, 0) is 52.2 Å². The van der Waals surface area contributed by atoms with Crippen molar-refractivity contribution in [1.82, 2.24) is 20.5 Å². The van der Waals surface area contributed by atoms with E-state index in [4.69, 9.17) is 4.74 Å². The minimum absolute atomic E-state index is 0. The monoisotopic (exact) mass is 530 g/mol. The zero-order valence-electron chi connectivity index (χ0n) is 18.5. The van der Waals surface area contributed by atoms with Crippen molar-refractivity contribution in [3.8, 4) is 0 Å². The van der Waals surface area contributed by atoms with Crippen LogP contribution in [-0.4, -0.2) is 66.3 Å². The third kappa shape index (κ3) is 7.17. The lowest BCUT2D eigenvalue weighted by Gasteiger charge is -2.40. The number of halogens is 1. The number of rotatable bonds is 5. The Labute approximate surface area is 196 Å². The predicted molar refractivity (Wildman–Crippen MR) is 131 cm³/mol. The number of amides is 1. The number of anilines is 1. The van der Waals surface area contributed by atoms with E-state index in [1.54, 1.807) is 4.90 Å². The summed E-state index contributed by atoms with van der Waals surface area (Å²) in [7, 11) is 0. The maximum atomic E-state index is 12.1. The second-order valence-corrected chi connectivity index (χ2v) is 8.64. The molecule has 2 fully saturated rings. The molecule has 0 aromatic carbocycles. The van der Waals surface area contributed by atoms with Gasteiger partial charge in [-0.2, -0.15) is 0 Å². The molecule has 1 amide bonds. The van der Waals surface area contributed by atoms with Gasteiger partial charge in [-0.1, -0.05) is 6.07 Å². The van der Waals surface area contributed by atoms with Gasteiger partial charge in [0, 0.05) is 38.9 Å². The molecule has 168 valence electrons. The van der Waals surface area contributed by atoms with Gasteiger partial charge in [0.2, 0.25) is 0 Å². The SMILES string of the molecule is CCNC(=NCc1ccc(N2CCCC2)nc1)NC1CN(C(=O)OC(C)(C)C)C1.I. The maximum Gasteiger partial charge on any atom is 0.410 e. The third-order valence-electron chi connectivity index (χ3n) is 4.88. The molecule has 30 heavy (non-hydrogen) atoms. The van der Waals surface area contributed by atoms with Crippen LogP contribution in [0.15, 0.2) is 23.3 Å². The van der Waals surface area contributed by atoms with Gasteiger partial charge in [0.15, 0.2) is 5.96 Å². The molecule has 1 aromatic rings.